The van der Waals surface area contributed by atoms with Crippen molar-refractivity contribution in [1.29, 1.82) is 5.26 Å². The van der Waals surface area contributed by atoms with E-state index in [4.69, 9.17) is 5.26 Å². The van der Waals surface area contributed by atoms with Crippen LogP contribution in [0.2, 0.25) is 0 Å². The summed E-state index contributed by atoms with van der Waals surface area (Å²) in [7, 11) is 0. The Kier molecular flexibility index (Phi) is 5.83. The van der Waals surface area contributed by atoms with Crippen molar-refractivity contribution >= 4 is 33.4 Å². The van der Waals surface area contributed by atoms with E-state index in [-0.39, 0.29) is 17.9 Å². The van der Waals surface area contributed by atoms with Crippen LogP contribution in [0.5, 0.6) is 0 Å². The second-order valence-corrected chi connectivity index (χ2v) is 5.63. The second-order valence-electron chi connectivity index (χ2n) is 3.70. The molecule has 0 aliphatic rings. The summed E-state index contributed by atoms with van der Waals surface area (Å²) in [5.74, 6) is 0. The molecule has 0 amide bonds. The molecule has 2 N–H and O–H groups in total. The van der Waals surface area contributed by atoms with E-state index in [0.717, 1.165) is 10.2 Å². The van der Waals surface area contributed by atoms with E-state index in [2.05, 4.69) is 27.3 Å². The van der Waals surface area contributed by atoms with Crippen molar-refractivity contribution < 1.29 is 5.11 Å². The summed E-state index contributed by atoms with van der Waals surface area (Å²) >= 11 is 5.06. The summed E-state index contributed by atoms with van der Waals surface area (Å²) < 4.78 is 0.862. The molecule has 0 spiro atoms. The second kappa shape index (κ2) is 6.90. The molecular weight excluding hydrogens is 300 g/mol. The van der Waals surface area contributed by atoms with E-state index in [1.54, 1.807) is 23.9 Å². The normalized spacial score (nSPS) is 13.8. The number of nitriles is 1. The van der Waals surface area contributed by atoms with Crippen LogP contribution in [0.15, 0.2) is 22.7 Å². The monoisotopic (exact) mass is 314 g/mol. The van der Waals surface area contributed by atoms with Gasteiger partial charge < -0.3 is 10.4 Å². The zero-order chi connectivity index (χ0) is 12.8. The van der Waals surface area contributed by atoms with Crippen LogP contribution in [0.1, 0.15) is 12.5 Å². The van der Waals surface area contributed by atoms with Crippen LogP contribution in [0.4, 0.5) is 5.69 Å². The Bertz CT molecular complexity index is 415. The van der Waals surface area contributed by atoms with Gasteiger partial charge in [0, 0.05) is 21.5 Å². The molecule has 92 valence electrons. The quantitative estimate of drug-likeness (QED) is 0.877. The lowest BCUT2D eigenvalue weighted by Crippen LogP contribution is -2.31. The zero-order valence-electron chi connectivity index (χ0n) is 9.77. The van der Waals surface area contributed by atoms with Crippen LogP contribution in [-0.2, 0) is 0 Å². The fourth-order valence-electron chi connectivity index (χ4n) is 1.48. The Hall–Kier alpha value is -0.700. The highest BCUT2D eigenvalue weighted by Gasteiger charge is 2.15. The number of benzene rings is 1. The number of thioether (sulfide) groups is 1. The molecule has 5 heteroatoms. The van der Waals surface area contributed by atoms with Crippen LogP contribution in [0.25, 0.3) is 0 Å². The molecular formula is C12H15BrN2OS. The maximum absolute atomic E-state index is 9.21. The van der Waals surface area contributed by atoms with Gasteiger partial charge in [-0.2, -0.15) is 17.0 Å². The number of nitrogens with one attached hydrogen (secondary N) is 1. The van der Waals surface area contributed by atoms with Gasteiger partial charge in [0.15, 0.2) is 0 Å². The van der Waals surface area contributed by atoms with Gasteiger partial charge in [-0.25, -0.2) is 0 Å². The fraction of sp³-hybridized carbons (Fsp3) is 0.417. The van der Waals surface area contributed by atoms with Crippen LogP contribution < -0.4 is 5.32 Å². The first-order valence-corrected chi connectivity index (χ1v) is 7.30. The number of nitrogens with zero attached hydrogens (tertiary/aromatic N) is 1. The number of anilines is 1. The maximum atomic E-state index is 9.21. The SMILES string of the molecule is CSC(CO)C(C)Nc1ccc(C#N)cc1Br. The minimum atomic E-state index is 0.142. The predicted octanol–water partition coefficient (Wildman–Crippen LogP) is 2.85. The Balaban J connectivity index is 2.78. The molecule has 1 aromatic rings. The minimum Gasteiger partial charge on any atom is -0.395 e. The summed E-state index contributed by atoms with van der Waals surface area (Å²) in [5, 5.41) is 21.5. The van der Waals surface area contributed by atoms with Gasteiger partial charge in [-0.1, -0.05) is 0 Å². The third-order valence-corrected chi connectivity index (χ3v) is 4.34. The lowest BCUT2D eigenvalue weighted by molar-refractivity contribution is 0.288. The minimum absolute atomic E-state index is 0.142. The highest BCUT2D eigenvalue weighted by atomic mass is 79.9. The molecule has 0 aliphatic heterocycles. The zero-order valence-corrected chi connectivity index (χ0v) is 12.2. The summed E-state index contributed by atoms with van der Waals surface area (Å²) in [5.41, 5.74) is 1.56. The van der Waals surface area contributed by atoms with Crippen molar-refractivity contribution in [3.8, 4) is 6.07 Å². The van der Waals surface area contributed by atoms with Crippen LogP contribution >= 0.6 is 27.7 Å². The number of rotatable bonds is 5. The van der Waals surface area contributed by atoms with E-state index in [1.807, 2.05) is 19.2 Å². The van der Waals surface area contributed by atoms with E-state index >= 15 is 0 Å². The van der Waals surface area contributed by atoms with Gasteiger partial charge in [-0.05, 0) is 47.3 Å². The van der Waals surface area contributed by atoms with Gasteiger partial charge >= 0.3 is 0 Å². The number of hydrogen-bond donors (Lipinski definition) is 2. The van der Waals surface area contributed by atoms with Gasteiger partial charge in [0.25, 0.3) is 0 Å². The van der Waals surface area contributed by atoms with E-state index in [9.17, 15) is 5.11 Å². The first-order chi connectivity index (χ1) is 8.12. The molecule has 17 heavy (non-hydrogen) atoms. The van der Waals surface area contributed by atoms with Gasteiger partial charge in [-0.15, -0.1) is 0 Å². The van der Waals surface area contributed by atoms with Gasteiger partial charge in [-0.3, -0.25) is 0 Å². The summed E-state index contributed by atoms with van der Waals surface area (Å²) in [6.45, 7) is 2.17. The molecule has 2 atom stereocenters. The molecule has 1 rings (SSSR count). The van der Waals surface area contributed by atoms with Crippen LogP contribution in [-0.4, -0.2) is 29.3 Å². The average molecular weight is 315 g/mol. The third kappa shape index (κ3) is 3.91. The van der Waals surface area contributed by atoms with Crippen LogP contribution in [0.3, 0.4) is 0 Å². The van der Waals surface area contributed by atoms with Gasteiger partial charge in [0.1, 0.15) is 0 Å². The van der Waals surface area contributed by atoms with Crippen molar-refractivity contribution in [1.82, 2.24) is 0 Å². The lowest BCUT2D eigenvalue weighted by Gasteiger charge is -2.23. The molecule has 2 unspecified atom stereocenters. The maximum Gasteiger partial charge on any atom is 0.0992 e. The Labute approximate surface area is 114 Å². The number of hydrogen-bond acceptors (Lipinski definition) is 4. The van der Waals surface area contributed by atoms with E-state index in [0.29, 0.717) is 5.56 Å². The first kappa shape index (κ1) is 14.4. The molecule has 0 radical (unpaired) electrons. The predicted molar refractivity (Wildman–Crippen MR) is 76.3 cm³/mol. The Morgan fingerprint density at radius 3 is 2.76 bits per heavy atom. The Morgan fingerprint density at radius 1 is 1.59 bits per heavy atom. The average Bonchev–Trinajstić information content (AvgIpc) is 2.33. The topological polar surface area (TPSA) is 56.0 Å². The molecule has 0 heterocycles. The Morgan fingerprint density at radius 2 is 2.29 bits per heavy atom. The summed E-state index contributed by atoms with van der Waals surface area (Å²) in [4.78, 5) is 0. The highest BCUT2D eigenvalue weighted by Crippen LogP contribution is 2.25. The van der Waals surface area contributed by atoms with Crippen molar-refractivity contribution in [3.63, 3.8) is 0 Å². The van der Waals surface area contributed by atoms with Gasteiger partial charge in [0.2, 0.25) is 0 Å². The fourth-order valence-corrected chi connectivity index (χ4v) is 2.60. The van der Waals surface area contributed by atoms with Crippen molar-refractivity contribution in [2.75, 3.05) is 18.2 Å². The molecule has 1 aromatic carbocycles. The molecule has 0 aromatic heterocycles. The van der Waals surface area contributed by atoms with E-state index in [1.165, 1.54) is 0 Å². The first-order valence-electron chi connectivity index (χ1n) is 5.22. The lowest BCUT2D eigenvalue weighted by atomic mass is 10.2. The van der Waals surface area contributed by atoms with Crippen LogP contribution in [0, 0.1) is 11.3 Å². The molecule has 0 saturated carbocycles. The van der Waals surface area contributed by atoms with E-state index < -0.39 is 0 Å². The highest BCUT2D eigenvalue weighted by molar-refractivity contribution is 9.10. The third-order valence-electron chi connectivity index (χ3n) is 2.52. The number of halogens is 1. The number of aliphatic hydroxyl groups is 1. The molecule has 0 bridgehead atoms. The molecule has 0 aliphatic carbocycles. The standard InChI is InChI=1S/C12H15BrN2OS/c1-8(12(7-16)17-2)15-11-4-3-9(6-14)5-10(11)13/h3-5,8,12,15-16H,7H2,1-2H3. The van der Waals surface area contributed by atoms with Crippen molar-refractivity contribution in [2.45, 2.75) is 18.2 Å². The van der Waals surface area contributed by atoms with Crippen molar-refractivity contribution in [3.05, 3.63) is 28.2 Å². The summed E-state index contributed by atoms with van der Waals surface area (Å²) in [6.07, 6.45) is 1.98. The molecule has 3 nitrogen and oxygen atoms in total. The number of aliphatic hydroxyl groups excluding tert-OH is 1. The molecule has 0 fully saturated rings. The van der Waals surface area contributed by atoms with Crippen molar-refractivity contribution in [2.24, 2.45) is 0 Å². The summed E-state index contributed by atoms with van der Waals surface area (Å²) in [6, 6.07) is 7.66. The molecule has 0 saturated heterocycles. The largest absolute Gasteiger partial charge is 0.395 e. The van der Waals surface area contributed by atoms with Gasteiger partial charge in [0.05, 0.1) is 18.2 Å². The smallest absolute Gasteiger partial charge is 0.0992 e.